The lowest BCUT2D eigenvalue weighted by Gasteiger charge is -2.17. The third-order valence-corrected chi connectivity index (χ3v) is 5.45. The Hall–Kier alpha value is -4.03. The van der Waals surface area contributed by atoms with Gasteiger partial charge >= 0.3 is 0 Å². The number of ether oxygens (including phenoxy) is 2. The molecule has 6 heteroatoms. The molecule has 3 aromatic carbocycles. The Morgan fingerprint density at radius 1 is 1.06 bits per heavy atom. The predicted octanol–water partition coefficient (Wildman–Crippen LogP) is 5.51. The van der Waals surface area contributed by atoms with Crippen molar-refractivity contribution in [3.63, 3.8) is 0 Å². The summed E-state index contributed by atoms with van der Waals surface area (Å²) in [5.74, 6) is 1.10. The summed E-state index contributed by atoms with van der Waals surface area (Å²) in [5.41, 5.74) is 11.5. The van der Waals surface area contributed by atoms with Crippen LogP contribution in [-0.2, 0) is 24.4 Å². The number of nitrogens with one attached hydrogen (secondary N) is 1. The molecule has 0 heterocycles. The lowest BCUT2D eigenvalue weighted by molar-refractivity contribution is -0.111. The number of hydrogen-bond donors (Lipinski definition) is 3. The molecule has 3 aromatic rings. The highest BCUT2D eigenvalue weighted by molar-refractivity contribution is 6.03. The summed E-state index contributed by atoms with van der Waals surface area (Å²) in [7, 11) is 1.63. The van der Waals surface area contributed by atoms with E-state index in [1.165, 1.54) is 6.08 Å². The van der Waals surface area contributed by atoms with E-state index in [4.69, 9.17) is 15.2 Å². The summed E-state index contributed by atoms with van der Waals surface area (Å²) in [6.45, 7) is 4.27. The fourth-order valence-corrected chi connectivity index (χ4v) is 3.49. The summed E-state index contributed by atoms with van der Waals surface area (Å²) in [4.78, 5) is 12.6. The molecule has 0 aliphatic heterocycles. The number of carbonyl (C=O) groups is 1. The van der Waals surface area contributed by atoms with Gasteiger partial charge in [0, 0.05) is 17.2 Å². The van der Waals surface area contributed by atoms with Gasteiger partial charge in [-0.2, -0.15) is 0 Å². The monoisotopic (exact) mass is 472 g/mol. The maximum atomic E-state index is 12.6. The van der Waals surface area contributed by atoms with Crippen molar-refractivity contribution in [3.8, 4) is 11.5 Å². The van der Waals surface area contributed by atoms with Gasteiger partial charge in [0.1, 0.15) is 18.1 Å². The van der Waals surface area contributed by atoms with E-state index >= 15 is 0 Å². The van der Waals surface area contributed by atoms with Gasteiger partial charge in [-0.3, -0.25) is 4.79 Å². The van der Waals surface area contributed by atoms with Gasteiger partial charge in [0.2, 0.25) is 5.91 Å². The molecule has 0 aliphatic rings. The molecular weight excluding hydrogens is 440 g/mol. The third kappa shape index (κ3) is 7.22. The summed E-state index contributed by atoms with van der Waals surface area (Å²) in [5, 5.41) is 12.8. The lowest BCUT2D eigenvalue weighted by atomic mass is 9.98. The van der Waals surface area contributed by atoms with E-state index in [2.05, 4.69) is 11.4 Å². The number of aliphatic hydroxyl groups is 1. The van der Waals surface area contributed by atoms with Crippen molar-refractivity contribution in [2.75, 3.05) is 18.2 Å². The minimum atomic E-state index is -0.305. The second kappa shape index (κ2) is 12.4. The Bertz CT molecular complexity index is 1210. The minimum absolute atomic E-state index is 0.109. The van der Waals surface area contributed by atoms with E-state index in [9.17, 15) is 9.90 Å². The molecule has 4 N–H and O–H groups in total. The Morgan fingerprint density at radius 3 is 2.46 bits per heavy atom. The number of allylic oxidation sites excluding steroid dienone is 2. The number of carbonyl (C=O) groups excluding carboxylic acids is 1. The molecule has 0 aliphatic carbocycles. The second-order valence-corrected chi connectivity index (χ2v) is 8.31. The SMILES string of the molecule is COc1ccc(COc2c(/C=C\C(=O)Nc3ccccc3N)ccc(CO)c2CC=C(C)C)cc1. The first kappa shape index (κ1) is 25.6. The van der Waals surface area contributed by atoms with E-state index in [-0.39, 0.29) is 12.5 Å². The van der Waals surface area contributed by atoms with Crippen molar-refractivity contribution in [2.45, 2.75) is 33.5 Å². The number of nitrogens with two attached hydrogens (primary N) is 1. The molecule has 6 nitrogen and oxygen atoms in total. The predicted molar refractivity (Wildman–Crippen MR) is 141 cm³/mol. The largest absolute Gasteiger partial charge is 0.497 e. The van der Waals surface area contributed by atoms with Crippen LogP contribution in [0.15, 0.2) is 78.4 Å². The number of benzene rings is 3. The first-order valence-corrected chi connectivity index (χ1v) is 11.4. The number of hydrogen-bond acceptors (Lipinski definition) is 5. The first-order chi connectivity index (χ1) is 16.9. The van der Waals surface area contributed by atoms with Crippen molar-refractivity contribution >= 4 is 23.4 Å². The normalized spacial score (nSPS) is 10.7. The van der Waals surface area contributed by atoms with E-state index in [0.29, 0.717) is 30.2 Å². The van der Waals surface area contributed by atoms with Crippen LogP contribution in [0.2, 0.25) is 0 Å². The number of methoxy groups -OCH3 is 1. The van der Waals surface area contributed by atoms with Crippen LogP contribution in [0.3, 0.4) is 0 Å². The average Bonchev–Trinajstić information content (AvgIpc) is 2.86. The molecule has 0 fully saturated rings. The van der Waals surface area contributed by atoms with E-state index < -0.39 is 0 Å². The zero-order valence-electron chi connectivity index (χ0n) is 20.4. The number of para-hydroxylation sites is 2. The summed E-state index contributed by atoms with van der Waals surface area (Å²) >= 11 is 0. The van der Waals surface area contributed by atoms with Gasteiger partial charge in [0.15, 0.2) is 0 Å². The van der Waals surface area contributed by atoms with Gasteiger partial charge in [0.25, 0.3) is 0 Å². The molecule has 0 radical (unpaired) electrons. The molecule has 0 saturated heterocycles. The zero-order valence-corrected chi connectivity index (χ0v) is 20.4. The number of nitrogen functional groups attached to an aromatic ring is 1. The number of anilines is 2. The van der Waals surface area contributed by atoms with Crippen LogP contribution in [-0.4, -0.2) is 18.1 Å². The third-order valence-electron chi connectivity index (χ3n) is 5.45. The van der Waals surface area contributed by atoms with Gasteiger partial charge in [-0.05, 0) is 61.7 Å². The lowest BCUT2D eigenvalue weighted by Crippen LogP contribution is -2.09. The van der Waals surface area contributed by atoms with Crippen LogP contribution in [0.4, 0.5) is 11.4 Å². The number of rotatable bonds is 10. The van der Waals surface area contributed by atoms with Crippen LogP contribution in [0, 0.1) is 0 Å². The Labute approximate surface area is 206 Å². The molecule has 0 aromatic heterocycles. The molecule has 3 rings (SSSR count). The molecule has 0 saturated carbocycles. The molecule has 1 amide bonds. The summed E-state index contributed by atoms with van der Waals surface area (Å²) in [6.07, 6.45) is 5.86. The van der Waals surface area contributed by atoms with Crippen LogP contribution in [0.1, 0.15) is 36.1 Å². The number of amides is 1. The molecule has 0 unspecified atom stereocenters. The van der Waals surface area contributed by atoms with Crippen molar-refractivity contribution in [2.24, 2.45) is 0 Å². The Kier molecular flexibility index (Phi) is 9.09. The fraction of sp³-hybridized carbons (Fsp3) is 0.207. The van der Waals surface area contributed by atoms with Crippen molar-refractivity contribution < 1.29 is 19.4 Å². The van der Waals surface area contributed by atoms with Crippen LogP contribution in [0.5, 0.6) is 11.5 Å². The van der Waals surface area contributed by atoms with E-state index in [1.54, 1.807) is 25.3 Å². The molecule has 35 heavy (non-hydrogen) atoms. The van der Waals surface area contributed by atoms with Crippen molar-refractivity contribution in [1.82, 2.24) is 0 Å². The van der Waals surface area contributed by atoms with E-state index in [0.717, 1.165) is 33.6 Å². The Morgan fingerprint density at radius 2 is 1.80 bits per heavy atom. The minimum Gasteiger partial charge on any atom is -0.497 e. The highest BCUT2D eigenvalue weighted by Gasteiger charge is 2.14. The fourth-order valence-electron chi connectivity index (χ4n) is 3.49. The van der Waals surface area contributed by atoms with Crippen LogP contribution >= 0.6 is 0 Å². The van der Waals surface area contributed by atoms with Gasteiger partial charge in [-0.15, -0.1) is 0 Å². The zero-order chi connectivity index (χ0) is 25.2. The van der Waals surface area contributed by atoms with Crippen LogP contribution < -0.4 is 20.5 Å². The summed E-state index contributed by atoms with van der Waals surface area (Å²) in [6, 6.07) is 18.5. The van der Waals surface area contributed by atoms with Crippen molar-refractivity contribution in [3.05, 3.63) is 101 Å². The summed E-state index contributed by atoms with van der Waals surface area (Å²) < 4.78 is 11.5. The van der Waals surface area contributed by atoms with Crippen LogP contribution in [0.25, 0.3) is 6.08 Å². The topological polar surface area (TPSA) is 93.8 Å². The van der Waals surface area contributed by atoms with Gasteiger partial charge in [-0.25, -0.2) is 0 Å². The number of aliphatic hydroxyl groups excluding tert-OH is 1. The molecular formula is C29H32N2O4. The smallest absolute Gasteiger partial charge is 0.248 e. The highest BCUT2D eigenvalue weighted by Crippen LogP contribution is 2.31. The molecule has 0 atom stereocenters. The van der Waals surface area contributed by atoms with Gasteiger partial charge < -0.3 is 25.6 Å². The highest BCUT2D eigenvalue weighted by atomic mass is 16.5. The average molecular weight is 473 g/mol. The first-order valence-electron chi connectivity index (χ1n) is 11.4. The molecule has 0 bridgehead atoms. The van der Waals surface area contributed by atoms with Crippen molar-refractivity contribution in [1.29, 1.82) is 0 Å². The quantitative estimate of drug-likeness (QED) is 0.206. The van der Waals surface area contributed by atoms with Gasteiger partial charge in [0.05, 0.1) is 25.1 Å². The second-order valence-electron chi connectivity index (χ2n) is 8.31. The Balaban J connectivity index is 1.91. The maximum absolute atomic E-state index is 12.6. The van der Waals surface area contributed by atoms with E-state index in [1.807, 2.05) is 62.4 Å². The maximum Gasteiger partial charge on any atom is 0.248 e. The van der Waals surface area contributed by atoms with Gasteiger partial charge in [-0.1, -0.05) is 48.0 Å². The molecule has 0 spiro atoms. The standard InChI is InChI=1S/C29H32N2O4/c1-20(2)8-16-25-23(18-32)12-11-22(13-17-28(33)31-27-7-5-4-6-26(27)30)29(25)35-19-21-9-14-24(34-3)15-10-21/h4-15,17,32H,16,18-19,30H2,1-3H3,(H,31,33)/b17-13-. The molecule has 182 valence electrons.